The molecule has 12 heteroatoms. The molecule has 3 aromatic rings. The minimum absolute atomic E-state index is 0.182. The molecule has 0 atom stereocenters. The smallest absolute Gasteiger partial charge is 0.251 e. The molecule has 0 spiro atoms. The number of hydrogen-bond donors (Lipinski definition) is 1. The molecule has 9 nitrogen and oxygen atoms in total. The van der Waals surface area contributed by atoms with E-state index in [-0.39, 0.29) is 25.9 Å². The fourth-order valence-electron chi connectivity index (χ4n) is 4.86. The Hall–Kier alpha value is -3.28. The predicted octanol–water partition coefficient (Wildman–Crippen LogP) is 4.32. The number of halogens is 2. The molecule has 1 N–H and O–H groups in total. The third-order valence-corrected chi connectivity index (χ3v) is 7.39. The maximum Gasteiger partial charge on any atom is 0.251 e. The topological polar surface area (TPSA) is 96.2 Å². The fraction of sp³-hybridized carbons (Fsp3) is 0.480. The number of pyridine rings is 1. The standard InChI is InChI=1S/C25H31F2N7O2S/c1-37(35,36)30-19-9-10-22(23(17-19)32-13-4-2-3-5-14-32)34-18-21(29-31-34)20-7-6-8-24(28-20)33-15-11-25(26,27)12-16-33/h6-10,17-18,30H,2-5,11-16H2,1H3. The molecule has 2 fully saturated rings. The van der Waals surface area contributed by atoms with Crippen LogP contribution in [0, 0.1) is 0 Å². The minimum atomic E-state index is -3.42. The molecule has 2 aliphatic rings. The van der Waals surface area contributed by atoms with Gasteiger partial charge in [0, 0.05) is 39.0 Å². The van der Waals surface area contributed by atoms with Gasteiger partial charge in [0.1, 0.15) is 11.5 Å². The first kappa shape index (κ1) is 25.4. The van der Waals surface area contributed by atoms with Gasteiger partial charge in [0.15, 0.2) is 0 Å². The molecule has 37 heavy (non-hydrogen) atoms. The molecule has 0 unspecified atom stereocenters. The van der Waals surface area contributed by atoms with E-state index < -0.39 is 15.9 Å². The van der Waals surface area contributed by atoms with E-state index in [0.29, 0.717) is 22.9 Å². The molecule has 0 radical (unpaired) electrons. The van der Waals surface area contributed by atoms with Crippen LogP contribution in [-0.4, -0.2) is 66.8 Å². The third-order valence-electron chi connectivity index (χ3n) is 6.78. The van der Waals surface area contributed by atoms with Crippen LogP contribution in [0.1, 0.15) is 38.5 Å². The van der Waals surface area contributed by atoms with Gasteiger partial charge < -0.3 is 9.80 Å². The van der Waals surface area contributed by atoms with Crippen molar-refractivity contribution in [1.82, 2.24) is 20.0 Å². The number of anilines is 3. The second-order valence-electron chi connectivity index (χ2n) is 9.75. The van der Waals surface area contributed by atoms with Crippen LogP contribution in [0.4, 0.5) is 26.0 Å². The van der Waals surface area contributed by atoms with E-state index in [1.165, 1.54) is 0 Å². The quantitative estimate of drug-likeness (QED) is 0.506. The summed E-state index contributed by atoms with van der Waals surface area (Å²) in [6.07, 6.45) is 7.00. The summed E-state index contributed by atoms with van der Waals surface area (Å²) < 4.78 is 55.1. The maximum atomic E-state index is 13.6. The second kappa shape index (κ2) is 10.2. The van der Waals surface area contributed by atoms with Crippen molar-refractivity contribution in [1.29, 1.82) is 0 Å². The average molecular weight is 532 g/mol. The normalized spacial score (nSPS) is 18.5. The van der Waals surface area contributed by atoms with E-state index >= 15 is 0 Å². The zero-order valence-corrected chi connectivity index (χ0v) is 21.6. The Kier molecular flexibility index (Phi) is 7.02. The number of sulfonamides is 1. The predicted molar refractivity (Wildman–Crippen MR) is 140 cm³/mol. The van der Waals surface area contributed by atoms with Crippen molar-refractivity contribution < 1.29 is 17.2 Å². The molecule has 1 aromatic carbocycles. The van der Waals surface area contributed by atoms with E-state index in [4.69, 9.17) is 0 Å². The number of nitrogens with zero attached hydrogens (tertiary/aromatic N) is 6. The number of alkyl halides is 2. The molecule has 5 rings (SSSR count). The number of nitrogens with one attached hydrogen (secondary N) is 1. The summed E-state index contributed by atoms with van der Waals surface area (Å²) in [7, 11) is -3.42. The highest BCUT2D eigenvalue weighted by molar-refractivity contribution is 7.92. The van der Waals surface area contributed by atoms with Crippen molar-refractivity contribution in [2.75, 3.05) is 47.0 Å². The van der Waals surface area contributed by atoms with Crippen LogP contribution in [0.25, 0.3) is 17.1 Å². The first-order valence-corrected chi connectivity index (χ1v) is 14.5. The van der Waals surface area contributed by atoms with Crippen LogP contribution in [0.2, 0.25) is 0 Å². The second-order valence-corrected chi connectivity index (χ2v) is 11.5. The first-order chi connectivity index (χ1) is 17.7. The number of hydrogen-bond acceptors (Lipinski definition) is 7. The molecule has 198 valence electrons. The summed E-state index contributed by atoms with van der Waals surface area (Å²) in [5.41, 5.74) is 3.32. The van der Waals surface area contributed by atoms with Crippen LogP contribution >= 0.6 is 0 Å². The lowest BCUT2D eigenvalue weighted by molar-refractivity contribution is -0.0221. The molecular formula is C25H31F2N7O2S. The van der Waals surface area contributed by atoms with E-state index in [0.717, 1.165) is 56.4 Å². The molecular weight excluding hydrogens is 500 g/mol. The molecule has 4 heterocycles. The van der Waals surface area contributed by atoms with Crippen LogP contribution in [0.15, 0.2) is 42.6 Å². The van der Waals surface area contributed by atoms with Gasteiger partial charge in [0.05, 0.1) is 35.2 Å². The first-order valence-electron chi connectivity index (χ1n) is 12.6. The SMILES string of the molecule is CS(=O)(=O)Nc1ccc(-n2cc(-c3cccc(N4CCC(F)(F)CC4)n3)nn2)c(N2CCCCCC2)c1. The van der Waals surface area contributed by atoms with Crippen molar-refractivity contribution >= 4 is 27.2 Å². The van der Waals surface area contributed by atoms with Gasteiger partial charge in [-0.2, -0.15) is 0 Å². The Morgan fingerprint density at radius 1 is 0.892 bits per heavy atom. The number of piperidine rings is 1. The highest BCUT2D eigenvalue weighted by atomic mass is 32.2. The van der Waals surface area contributed by atoms with Crippen LogP contribution in [0.5, 0.6) is 0 Å². The maximum absolute atomic E-state index is 13.6. The molecule has 2 saturated heterocycles. The number of rotatable bonds is 6. The molecule has 0 amide bonds. The Bertz CT molecular complexity index is 1340. The molecule has 2 aromatic heterocycles. The Balaban J connectivity index is 1.45. The Morgan fingerprint density at radius 2 is 1.62 bits per heavy atom. The van der Waals surface area contributed by atoms with Crippen LogP contribution < -0.4 is 14.5 Å². The summed E-state index contributed by atoms with van der Waals surface area (Å²) in [6.45, 7) is 2.25. The molecule has 2 aliphatic heterocycles. The lowest BCUT2D eigenvalue weighted by Gasteiger charge is -2.32. The van der Waals surface area contributed by atoms with Gasteiger partial charge >= 0.3 is 0 Å². The Morgan fingerprint density at radius 3 is 2.32 bits per heavy atom. The minimum Gasteiger partial charge on any atom is -0.370 e. The monoisotopic (exact) mass is 531 g/mol. The zero-order valence-electron chi connectivity index (χ0n) is 20.8. The fourth-order valence-corrected chi connectivity index (χ4v) is 5.42. The van der Waals surface area contributed by atoms with E-state index in [1.807, 2.05) is 35.2 Å². The summed E-state index contributed by atoms with van der Waals surface area (Å²) in [6, 6.07) is 10.9. The van der Waals surface area contributed by atoms with Gasteiger partial charge in [-0.25, -0.2) is 26.9 Å². The van der Waals surface area contributed by atoms with Gasteiger partial charge in [-0.1, -0.05) is 24.1 Å². The van der Waals surface area contributed by atoms with Crippen molar-refractivity contribution in [3.8, 4) is 17.1 Å². The number of benzene rings is 1. The molecule has 0 aliphatic carbocycles. The van der Waals surface area contributed by atoms with Gasteiger partial charge in [0.2, 0.25) is 10.0 Å². The summed E-state index contributed by atoms with van der Waals surface area (Å²) >= 11 is 0. The van der Waals surface area contributed by atoms with Crippen molar-refractivity contribution in [3.63, 3.8) is 0 Å². The third kappa shape index (κ3) is 6.17. The highest BCUT2D eigenvalue weighted by Gasteiger charge is 2.34. The van der Waals surface area contributed by atoms with Crippen LogP contribution in [-0.2, 0) is 10.0 Å². The summed E-state index contributed by atoms with van der Waals surface area (Å²) in [5.74, 6) is -1.97. The number of aromatic nitrogens is 4. The van der Waals surface area contributed by atoms with E-state index in [2.05, 4.69) is 24.9 Å². The average Bonchev–Trinajstić information content (AvgIpc) is 3.18. The van der Waals surface area contributed by atoms with Gasteiger partial charge in [-0.15, -0.1) is 5.10 Å². The van der Waals surface area contributed by atoms with Gasteiger partial charge in [0.25, 0.3) is 5.92 Å². The van der Waals surface area contributed by atoms with E-state index in [9.17, 15) is 17.2 Å². The largest absolute Gasteiger partial charge is 0.370 e. The Labute approximate surface area is 215 Å². The van der Waals surface area contributed by atoms with Gasteiger partial charge in [-0.3, -0.25) is 4.72 Å². The molecule has 0 saturated carbocycles. The van der Waals surface area contributed by atoms with Gasteiger partial charge in [-0.05, 0) is 43.2 Å². The summed E-state index contributed by atoms with van der Waals surface area (Å²) in [4.78, 5) is 8.82. The molecule has 0 bridgehead atoms. The zero-order chi connectivity index (χ0) is 26.0. The summed E-state index contributed by atoms with van der Waals surface area (Å²) in [5, 5.41) is 8.70. The highest BCUT2D eigenvalue weighted by Crippen LogP contribution is 2.32. The van der Waals surface area contributed by atoms with E-state index in [1.54, 1.807) is 16.9 Å². The van der Waals surface area contributed by atoms with Crippen molar-refractivity contribution in [3.05, 3.63) is 42.6 Å². The van der Waals surface area contributed by atoms with Crippen molar-refractivity contribution in [2.24, 2.45) is 0 Å². The van der Waals surface area contributed by atoms with Crippen molar-refractivity contribution in [2.45, 2.75) is 44.4 Å². The lowest BCUT2D eigenvalue weighted by Crippen LogP contribution is -2.39. The lowest BCUT2D eigenvalue weighted by atomic mass is 10.1. The van der Waals surface area contributed by atoms with Crippen LogP contribution in [0.3, 0.4) is 0 Å².